The Hall–Kier alpha value is -2.11. The maximum Gasteiger partial charge on any atom is 0.357 e. The molecule has 1 aliphatic rings. The predicted molar refractivity (Wildman–Crippen MR) is 61.1 cm³/mol. The van der Waals surface area contributed by atoms with Gasteiger partial charge in [0.1, 0.15) is 5.82 Å². The average Bonchev–Trinajstić information content (AvgIpc) is 2.69. The highest BCUT2D eigenvalue weighted by Crippen LogP contribution is 2.23. The molecule has 6 nitrogen and oxygen atoms in total. The molecule has 2 heterocycles. The van der Waals surface area contributed by atoms with Crippen LogP contribution in [-0.2, 0) is 11.3 Å². The Morgan fingerprint density at radius 3 is 2.82 bits per heavy atom. The third-order valence-electron chi connectivity index (χ3n) is 2.62. The Labute approximate surface area is 98.6 Å². The number of esters is 1. The zero-order chi connectivity index (χ0) is 12.6. The Morgan fingerprint density at radius 1 is 1.53 bits per heavy atom. The van der Waals surface area contributed by atoms with Crippen molar-refractivity contribution in [3.63, 3.8) is 0 Å². The van der Waals surface area contributed by atoms with Crippen LogP contribution in [0.25, 0.3) is 0 Å². The van der Waals surface area contributed by atoms with Gasteiger partial charge in [-0.05, 0) is 6.07 Å². The van der Waals surface area contributed by atoms with E-state index in [-0.39, 0.29) is 11.6 Å². The van der Waals surface area contributed by atoms with Crippen molar-refractivity contribution in [3.8, 4) is 0 Å². The Bertz CT molecular complexity index is 497. The minimum Gasteiger partial charge on any atom is -0.464 e. The summed E-state index contributed by atoms with van der Waals surface area (Å²) in [6, 6.07) is 1.67. The molecule has 0 saturated carbocycles. The van der Waals surface area contributed by atoms with Gasteiger partial charge in [-0.1, -0.05) is 0 Å². The van der Waals surface area contributed by atoms with Crippen LogP contribution >= 0.6 is 0 Å². The summed E-state index contributed by atoms with van der Waals surface area (Å²) >= 11 is 0. The van der Waals surface area contributed by atoms with Crippen LogP contribution in [0.15, 0.2) is 6.07 Å². The summed E-state index contributed by atoms with van der Waals surface area (Å²) < 4.78 is 4.67. The molecule has 6 heteroatoms. The van der Waals surface area contributed by atoms with Crippen LogP contribution in [0.4, 0.5) is 5.82 Å². The minimum absolute atomic E-state index is 0.185. The third-order valence-corrected chi connectivity index (χ3v) is 2.62. The van der Waals surface area contributed by atoms with Crippen molar-refractivity contribution in [1.29, 1.82) is 0 Å². The van der Waals surface area contributed by atoms with Gasteiger partial charge in [0.2, 0.25) is 0 Å². The zero-order valence-corrected chi connectivity index (χ0v) is 9.90. The smallest absolute Gasteiger partial charge is 0.357 e. The molecule has 0 spiro atoms. The van der Waals surface area contributed by atoms with Gasteiger partial charge in [0.25, 0.3) is 5.91 Å². The number of carbonyl (C=O) groups is 2. The van der Waals surface area contributed by atoms with Crippen LogP contribution in [0.2, 0.25) is 0 Å². The molecule has 0 aliphatic carbocycles. The second-order valence-electron chi connectivity index (χ2n) is 3.92. The number of ether oxygens (including phenoxy) is 1. The molecule has 0 atom stereocenters. The van der Waals surface area contributed by atoms with E-state index in [2.05, 4.69) is 15.0 Å². The number of carbonyl (C=O) groups excluding carboxylic acids is 2. The summed E-state index contributed by atoms with van der Waals surface area (Å²) in [6.45, 7) is 0.319. The van der Waals surface area contributed by atoms with E-state index >= 15 is 0 Å². The molecule has 1 aliphatic heterocycles. The fraction of sp³-hybridized carbons (Fsp3) is 0.364. The first-order valence-corrected chi connectivity index (χ1v) is 5.12. The lowest BCUT2D eigenvalue weighted by Gasteiger charge is -2.14. The van der Waals surface area contributed by atoms with Crippen LogP contribution in [0.3, 0.4) is 0 Å². The molecule has 1 aromatic rings. The molecule has 0 radical (unpaired) electrons. The Morgan fingerprint density at radius 2 is 2.24 bits per heavy atom. The highest BCUT2D eigenvalue weighted by molar-refractivity contribution is 6.02. The number of nitrogens with zero attached hydrogens (tertiary/aromatic N) is 2. The van der Waals surface area contributed by atoms with Crippen molar-refractivity contribution in [3.05, 3.63) is 22.9 Å². The van der Waals surface area contributed by atoms with Crippen molar-refractivity contribution >= 4 is 17.7 Å². The Kier molecular flexibility index (Phi) is 2.71. The number of rotatable bonds is 2. The maximum atomic E-state index is 11.6. The van der Waals surface area contributed by atoms with E-state index in [1.807, 2.05) is 0 Å². The Balaban J connectivity index is 2.62. The molecule has 0 fully saturated rings. The number of fused-ring (bicyclic) bond motifs is 1. The van der Waals surface area contributed by atoms with Gasteiger partial charge < -0.3 is 15.0 Å². The first kappa shape index (κ1) is 11.4. The van der Waals surface area contributed by atoms with Crippen molar-refractivity contribution < 1.29 is 14.3 Å². The number of pyridine rings is 1. The standard InChI is InChI=1S/C11H13N3O3/c1-14(2)8-4-6-7(5-12-10(6)15)9(13-8)11(16)17-3/h4H,5H2,1-3H3,(H,12,15). The van der Waals surface area contributed by atoms with Crippen LogP contribution in [0.1, 0.15) is 26.4 Å². The van der Waals surface area contributed by atoms with E-state index in [0.717, 1.165) is 0 Å². The summed E-state index contributed by atoms with van der Waals surface area (Å²) in [4.78, 5) is 29.1. The monoisotopic (exact) mass is 235 g/mol. The van der Waals surface area contributed by atoms with Crippen LogP contribution < -0.4 is 10.2 Å². The maximum absolute atomic E-state index is 11.6. The van der Waals surface area contributed by atoms with E-state index in [4.69, 9.17) is 0 Å². The molecule has 0 aromatic carbocycles. The van der Waals surface area contributed by atoms with E-state index < -0.39 is 5.97 Å². The first-order chi connectivity index (χ1) is 8.04. The fourth-order valence-electron chi connectivity index (χ4n) is 1.70. The number of hydrogen-bond donors (Lipinski definition) is 1. The highest BCUT2D eigenvalue weighted by Gasteiger charge is 2.27. The lowest BCUT2D eigenvalue weighted by Crippen LogP contribution is -2.16. The molecule has 0 unspecified atom stereocenters. The van der Waals surface area contributed by atoms with E-state index in [9.17, 15) is 9.59 Å². The summed E-state index contributed by atoms with van der Waals surface area (Å²) in [6.07, 6.45) is 0. The minimum atomic E-state index is -0.526. The SMILES string of the molecule is COC(=O)c1nc(N(C)C)cc2c1CNC2=O. The number of amides is 1. The molecule has 1 aromatic heterocycles. The number of methoxy groups -OCH3 is 1. The lowest BCUT2D eigenvalue weighted by atomic mass is 10.1. The van der Waals surface area contributed by atoms with Gasteiger partial charge in [-0.3, -0.25) is 4.79 Å². The quantitative estimate of drug-likeness (QED) is 0.740. The highest BCUT2D eigenvalue weighted by atomic mass is 16.5. The van der Waals surface area contributed by atoms with Crippen LogP contribution in [-0.4, -0.2) is 38.1 Å². The number of hydrogen-bond acceptors (Lipinski definition) is 5. The fourth-order valence-corrected chi connectivity index (χ4v) is 1.70. The second-order valence-corrected chi connectivity index (χ2v) is 3.92. The third kappa shape index (κ3) is 1.82. The van der Waals surface area contributed by atoms with Crippen molar-refractivity contribution in [1.82, 2.24) is 10.3 Å². The zero-order valence-electron chi connectivity index (χ0n) is 9.90. The van der Waals surface area contributed by atoms with Crippen LogP contribution in [0.5, 0.6) is 0 Å². The molecule has 2 rings (SSSR count). The van der Waals surface area contributed by atoms with Gasteiger partial charge in [0, 0.05) is 26.2 Å². The van der Waals surface area contributed by atoms with Gasteiger partial charge in [0.05, 0.1) is 12.7 Å². The summed E-state index contributed by atoms with van der Waals surface area (Å²) in [5, 5.41) is 2.67. The van der Waals surface area contributed by atoms with Crippen LogP contribution in [0, 0.1) is 0 Å². The van der Waals surface area contributed by atoms with Gasteiger partial charge in [-0.2, -0.15) is 0 Å². The average molecular weight is 235 g/mol. The molecular weight excluding hydrogens is 222 g/mol. The van der Waals surface area contributed by atoms with Gasteiger partial charge >= 0.3 is 5.97 Å². The van der Waals surface area contributed by atoms with E-state index in [0.29, 0.717) is 23.5 Å². The van der Waals surface area contributed by atoms with Crippen molar-refractivity contribution in [2.75, 3.05) is 26.1 Å². The molecule has 0 saturated heterocycles. The number of aromatic nitrogens is 1. The van der Waals surface area contributed by atoms with E-state index in [1.165, 1.54) is 7.11 Å². The van der Waals surface area contributed by atoms with E-state index in [1.54, 1.807) is 25.1 Å². The predicted octanol–water partition coefficient (Wildman–Crippen LogP) is 0.178. The topological polar surface area (TPSA) is 71.5 Å². The molecular formula is C11H13N3O3. The molecule has 90 valence electrons. The normalized spacial score (nSPS) is 13.0. The summed E-state index contributed by atoms with van der Waals surface area (Å²) in [5.41, 5.74) is 1.30. The summed E-state index contributed by atoms with van der Waals surface area (Å²) in [7, 11) is 4.88. The summed E-state index contributed by atoms with van der Waals surface area (Å²) in [5.74, 6) is -0.154. The van der Waals surface area contributed by atoms with Crippen molar-refractivity contribution in [2.45, 2.75) is 6.54 Å². The molecule has 1 amide bonds. The largest absolute Gasteiger partial charge is 0.464 e. The van der Waals surface area contributed by atoms with Gasteiger partial charge in [-0.15, -0.1) is 0 Å². The molecule has 17 heavy (non-hydrogen) atoms. The van der Waals surface area contributed by atoms with Gasteiger partial charge in [0.15, 0.2) is 5.69 Å². The number of anilines is 1. The first-order valence-electron chi connectivity index (χ1n) is 5.12. The van der Waals surface area contributed by atoms with Gasteiger partial charge in [-0.25, -0.2) is 9.78 Å². The second kappa shape index (κ2) is 4.04. The molecule has 0 bridgehead atoms. The number of nitrogens with one attached hydrogen (secondary N) is 1. The lowest BCUT2D eigenvalue weighted by molar-refractivity contribution is 0.0592. The molecule has 1 N–H and O–H groups in total. The van der Waals surface area contributed by atoms with Crippen molar-refractivity contribution in [2.24, 2.45) is 0 Å².